The molecule has 0 radical (unpaired) electrons. The highest BCUT2D eigenvalue weighted by molar-refractivity contribution is 8.00. The second-order valence-corrected chi connectivity index (χ2v) is 6.35. The summed E-state index contributed by atoms with van der Waals surface area (Å²) in [5.74, 6) is -0.0935. The molecule has 0 aliphatic carbocycles. The molecule has 3 aromatic rings. The first-order valence-electron chi connectivity index (χ1n) is 7.88. The fourth-order valence-corrected chi connectivity index (χ4v) is 2.68. The quantitative estimate of drug-likeness (QED) is 0.588. The zero-order chi connectivity index (χ0) is 19.1. The van der Waals surface area contributed by atoms with E-state index in [0.717, 1.165) is 11.8 Å². The lowest BCUT2D eigenvalue weighted by Gasteiger charge is -2.05. The SMILES string of the molecule is O=C(CSCC(=O)OCc1cc(-c2ccco2)on1)Nc1ccc(F)cc1. The van der Waals surface area contributed by atoms with Gasteiger partial charge in [-0.15, -0.1) is 11.8 Å². The molecule has 140 valence electrons. The van der Waals surface area contributed by atoms with Crippen LogP contribution in [-0.4, -0.2) is 28.5 Å². The summed E-state index contributed by atoms with van der Waals surface area (Å²) < 4.78 is 28.2. The topological polar surface area (TPSA) is 94.6 Å². The van der Waals surface area contributed by atoms with E-state index >= 15 is 0 Å². The number of thioether (sulfide) groups is 1. The summed E-state index contributed by atoms with van der Waals surface area (Å²) in [6, 6.07) is 10.5. The van der Waals surface area contributed by atoms with Gasteiger partial charge in [0.2, 0.25) is 11.7 Å². The maximum Gasteiger partial charge on any atom is 0.316 e. The molecule has 0 aliphatic heterocycles. The molecular weight excluding hydrogens is 375 g/mol. The predicted molar refractivity (Wildman–Crippen MR) is 96.4 cm³/mol. The van der Waals surface area contributed by atoms with Gasteiger partial charge in [0, 0.05) is 11.8 Å². The maximum absolute atomic E-state index is 12.8. The smallest absolute Gasteiger partial charge is 0.316 e. The van der Waals surface area contributed by atoms with Crippen molar-refractivity contribution in [3.8, 4) is 11.5 Å². The Morgan fingerprint density at radius 1 is 1.15 bits per heavy atom. The third kappa shape index (κ3) is 5.71. The van der Waals surface area contributed by atoms with Gasteiger partial charge in [-0.3, -0.25) is 9.59 Å². The van der Waals surface area contributed by atoms with Crippen molar-refractivity contribution in [2.24, 2.45) is 0 Å². The molecule has 0 aliphatic rings. The van der Waals surface area contributed by atoms with Gasteiger partial charge in [0.15, 0.2) is 5.76 Å². The minimum atomic E-state index is -0.475. The van der Waals surface area contributed by atoms with Gasteiger partial charge < -0.3 is 19.0 Å². The van der Waals surface area contributed by atoms with Crippen LogP contribution >= 0.6 is 11.8 Å². The van der Waals surface area contributed by atoms with Crippen molar-refractivity contribution in [2.75, 3.05) is 16.8 Å². The van der Waals surface area contributed by atoms with Crippen LogP contribution in [0.3, 0.4) is 0 Å². The first kappa shape index (κ1) is 18.7. The molecule has 1 N–H and O–H groups in total. The van der Waals surface area contributed by atoms with Crippen LogP contribution in [0.25, 0.3) is 11.5 Å². The lowest BCUT2D eigenvalue weighted by atomic mass is 10.3. The van der Waals surface area contributed by atoms with E-state index in [9.17, 15) is 14.0 Å². The molecule has 0 saturated heterocycles. The number of nitrogens with zero attached hydrogens (tertiary/aromatic N) is 1. The van der Waals surface area contributed by atoms with Gasteiger partial charge in [-0.1, -0.05) is 5.16 Å². The molecule has 3 rings (SSSR count). The van der Waals surface area contributed by atoms with Crippen molar-refractivity contribution in [1.82, 2.24) is 5.16 Å². The van der Waals surface area contributed by atoms with Gasteiger partial charge >= 0.3 is 5.97 Å². The Morgan fingerprint density at radius 2 is 1.96 bits per heavy atom. The van der Waals surface area contributed by atoms with Crippen LogP contribution in [0, 0.1) is 5.82 Å². The standard InChI is InChI=1S/C18H15FN2O5S/c19-12-3-5-13(6-4-12)20-17(22)10-27-11-18(23)25-9-14-8-16(26-21-14)15-2-1-7-24-15/h1-8H,9-11H2,(H,20,22). The number of furan rings is 1. The largest absolute Gasteiger partial charge is 0.461 e. The first-order valence-corrected chi connectivity index (χ1v) is 9.04. The molecular formula is C18H15FN2O5S. The minimum Gasteiger partial charge on any atom is -0.461 e. The Labute approximate surface area is 157 Å². The van der Waals surface area contributed by atoms with E-state index < -0.39 is 5.97 Å². The van der Waals surface area contributed by atoms with E-state index in [1.165, 1.54) is 30.5 Å². The number of aromatic nitrogens is 1. The van der Waals surface area contributed by atoms with E-state index in [1.807, 2.05) is 0 Å². The van der Waals surface area contributed by atoms with E-state index in [0.29, 0.717) is 22.9 Å². The average molecular weight is 390 g/mol. The van der Waals surface area contributed by atoms with Gasteiger partial charge in [0.1, 0.15) is 18.1 Å². The Morgan fingerprint density at radius 3 is 2.70 bits per heavy atom. The second-order valence-electron chi connectivity index (χ2n) is 5.37. The van der Waals surface area contributed by atoms with Crippen molar-refractivity contribution in [2.45, 2.75) is 6.61 Å². The Hall–Kier alpha value is -3.07. The number of nitrogens with one attached hydrogen (secondary N) is 1. The van der Waals surface area contributed by atoms with Crippen molar-refractivity contribution >= 4 is 29.3 Å². The van der Waals surface area contributed by atoms with E-state index in [-0.39, 0.29) is 29.8 Å². The molecule has 0 unspecified atom stereocenters. The van der Waals surface area contributed by atoms with Gasteiger partial charge in [-0.2, -0.15) is 0 Å². The van der Waals surface area contributed by atoms with Crippen LogP contribution in [0.1, 0.15) is 5.69 Å². The van der Waals surface area contributed by atoms with Crippen molar-refractivity contribution in [3.63, 3.8) is 0 Å². The number of carbonyl (C=O) groups excluding carboxylic acids is 2. The second kappa shape index (κ2) is 9.04. The van der Waals surface area contributed by atoms with Crippen LogP contribution in [-0.2, 0) is 20.9 Å². The summed E-state index contributed by atoms with van der Waals surface area (Å²) in [4.78, 5) is 23.5. The Bertz CT molecular complexity index is 893. The maximum atomic E-state index is 12.8. The molecule has 0 fully saturated rings. The van der Waals surface area contributed by atoms with Gasteiger partial charge in [-0.25, -0.2) is 4.39 Å². The third-order valence-corrected chi connectivity index (χ3v) is 4.19. The summed E-state index contributed by atoms with van der Waals surface area (Å²) >= 11 is 1.11. The van der Waals surface area contributed by atoms with Crippen molar-refractivity contribution < 1.29 is 27.7 Å². The molecule has 9 heteroatoms. The van der Waals surface area contributed by atoms with Crippen molar-refractivity contribution in [1.29, 1.82) is 0 Å². The highest BCUT2D eigenvalue weighted by Gasteiger charge is 2.12. The lowest BCUT2D eigenvalue weighted by molar-refractivity contribution is -0.141. The number of hydrogen-bond acceptors (Lipinski definition) is 7. The van der Waals surface area contributed by atoms with Crippen molar-refractivity contribution in [3.05, 3.63) is 60.2 Å². The molecule has 0 saturated carbocycles. The predicted octanol–water partition coefficient (Wildman–Crippen LogP) is 3.49. The molecule has 7 nitrogen and oxygen atoms in total. The minimum absolute atomic E-state index is 0.0136. The lowest BCUT2D eigenvalue weighted by Crippen LogP contribution is -2.16. The molecule has 0 bridgehead atoms. The average Bonchev–Trinajstić information content (AvgIpc) is 3.33. The normalized spacial score (nSPS) is 10.6. The number of halogens is 1. The molecule has 0 atom stereocenters. The molecule has 27 heavy (non-hydrogen) atoms. The molecule has 2 aromatic heterocycles. The third-order valence-electron chi connectivity index (χ3n) is 3.29. The highest BCUT2D eigenvalue weighted by atomic mass is 32.2. The van der Waals surface area contributed by atoms with Crippen LogP contribution < -0.4 is 5.32 Å². The van der Waals surface area contributed by atoms with E-state index in [2.05, 4.69) is 10.5 Å². The number of ether oxygens (including phenoxy) is 1. The number of esters is 1. The van der Waals surface area contributed by atoms with Gasteiger partial charge in [0.05, 0.1) is 17.8 Å². The summed E-state index contributed by atoms with van der Waals surface area (Å²) in [5, 5.41) is 6.40. The number of hydrogen-bond donors (Lipinski definition) is 1. The summed E-state index contributed by atoms with van der Waals surface area (Å²) in [6.45, 7) is -0.0363. The van der Waals surface area contributed by atoms with Gasteiger partial charge in [-0.05, 0) is 36.4 Å². The summed E-state index contributed by atoms with van der Waals surface area (Å²) in [6.07, 6.45) is 1.51. The zero-order valence-corrected chi connectivity index (χ0v) is 14.8. The molecule has 2 heterocycles. The van der Waals surface area contributed by atoms with E-state index in [4.69, 9.17) is 13.7 Å². The number of amides is 1. The van der Waals surface area contributed by atoms with E-state index in [1.54, 1.807) is 18.2 Å². The monoisotopic (exact) mass is 390 g/mol. The van der Waals surface area contributed by atoms with Crippen LogP contribution in [0.2, 0.25) is 0 Å². The van der Waals surface area contributed by atoms with Crippen LogP contribution in [0.4, 0.5) is 10.1 Å². The highest BCUT2D eigenvalue weighted by Crippen LogP contribution is 2.20. The summed E-state index contributed by atoms with van der Waals surface area (Å²) in [5.41, 5.74) is 0.941. The Kier molecular flexibility index (Phi) is 6.26. The van der Waals surface area contributed by atoms with Crippen LogP contribution in [0.5, 0.6) is 0 Å². The number of benzene rings is 1. The fraction of sp³-hybridized carbons (Fsp3) is 0.167. The molecule has 1 amide bonds. The Balaban J connectivity index is 1.35. The fourth-order valence-electron chi connectivity index (χ4n) is 2.07. The molecule has 0 spiro atoms. The summed E-state index contributed by atoms with van der Waals surface area (Å²) in [7, 11) is 0. The number of anilines is 1. The zero-order valence-electron chi connectivity index (χ0n) is 14.0. The van der Waals surface area contributed by atoms with Crippen LogP contribution in [0.15, 0.2) is 57.7 Å². The molecule has 1 aromatic carbocycles. The van der Waals surface area contributed by atoms with Gasteiger partial charge in [0.25, 0.3) is 0 Å². The number of carbonyl (C=O) groups is 2. The first-order chi connectivity index (χ1) is 13.1. The number of rotatable bonds is 8.